The number of hydrogen-bond acceptors (Lipinski definition) is 0. The van der Waals surface area contributed by atoms with Crippen LogP contribution in [0.25, 0.3) is 0 Å². The molecule has 0 nitrogen and oxygen atoms in total. The first-order valence-corrected chi connectivity index (χ1v) is 4.30. The van der Waals surface area contributed by atoms with Gasteiger partial charge in [0.15, 0.2) is 0 Å². The first kappa shape index (κ1) is 8.32. The Balaban J connectivity index is 2.60. The van der Waals surface area contributed by atoms with E-state index >= 15 is 0 Å². The topological polar surface area (TPSA) is 0 Å². The molecule has 0 heterocycles. The average molecular weight is 148 g/mol. The van der Waals surface area contributed by atoms with Crippen molar-refractivity contribution in [2.24, 2.45) is 0 Å². The van der Waals surface area contributed by atoms with Gasteiger partial charge in [-0.3, -0.25) is 0 Å². The molecule has 0 saturated heterocycles. The molecule has 1 aliphatic carbocycles. The van der Waals surface area contributed by atoms with Crippen LogP contribution in [-0.4, -0.2) is 0 Å². The molecular formula is C11H16. The zero-order valence-electron chi connectivity index (χ0n) is 7.10. The maximum atomic E-state index is 3.76. The molecule has 0 amide bonds. The number of hydrogen-bond donors (Lipinski definition) is 0. The van der Waals surface area contributed by atoms with Crippen molar-refractivity contribution >= 4 is 0 Å². The van der Waals surface area contributed by atoms with Crippen LogP contribution in [0.5, 0.6) is 0 Å². The quantitative estimate of drug-likeness (QED) is 0.534. The van der Waals surface area contributed by atoms with Crippen molar-refractivity contribution < 1.29 is 0 Å². The molecule has 0 fully saturated rings. The van der Waals surface area contributed by atoms with Crippen molar-refractivity contribution in [1.82, 2.24) is 0 Å². The van der Waals surface area contributed by atoms with E-state index in [1.807, 2.05) is 12.2 Å². The lowest BCUT2D eigenvalue weighted by molar-refractivity contribution is 0.877. The molecule has 60 valence electrons. The third kappa shape index (κ3) is 2.07. The highest BCUT2D eigenvalue weighted by molar-refractivity contribution is 5.23. The maximum absolute atomic E-state index is 3.76. The summed E-state index contributed by atoms with van der Waals surface area (Å²) in [5, 5.41) is 0. The van der Waals surface area contributed by atoms with E-state index < -0.39 is 0 Å². The molecule has 0 radical (unpaired) electrons. The first-order valence-electron chi connectivity index (χ1n) is 4.30. The van der Waals surface area contributed by atoms with Gasteiger partial charge < -0.3 is 0 Å². The molecule has 0 aromatic heterocycles. The molecule has 1 rings (SSSR count). The standard InChI is InChI=1S/C11H16/c1-3-6-10-8-5-9-11(10)7-4-2/h3-4H,1-2,5-9H2. The van der Waals surface area contributed by atoms with Crippen LogP contribution in [0, 0.1) is 0 Å². The van der Waals surface area contributed by atoms with Gasteiger partial charge in [0.1, 0.15) is 0 Å². The monoisotopic (exact) mass is 148 g/mol. The van der Waals surface area contributed by atoms with Crippen molar-refractivity contribution in [3.63, 3.8) is 0 Å². The lowest BCUT2D eigenvalue weighted by Gasteiger charge is -2.00. The van der Waals surface area contributed by atoms with Crippen LogP contribution in [0.2, 0.25) is 0 Å². The average Bonchev–Trinajstić information content (AvgIpc) is 2.39. The van der Waals surface area contributed by atoms with E-state index in [1.54, 1.807) is 11.1 Å². The molecular weight excluding hydrogens is 132 g/mol. The molecule has 11 heavy (non-hydrogen) atoms. The van der Waals surface area contributed by atoms with Gasteiger partial charge in [-0.05, 0) is 32.1 Å². The van der Waals surface area contributed by atoms with Crippen molar-refractivity contribution in [3.8, 4) is 0 Å². The molecule has 0 N–H and O–H groups in total. The summed E-state index contributed by atoms with van der Waals surface area (Å²) in [4.78, 5) is 0. The highest BCUT2D eigenvalue weighted by Gasteiger charge is 2.10. The molecule has 0 aromatic carbocycles. The Hall–Kier alpha value is -0.780. The minimum absolute atomic E-state index is 1.09. The Morgan fingerprint density at radius 1 is 1.00 bits per heavy atom. The summed E-state index contributed by atoms with van der Waals surface area (Å²) in [6, 6.07) is 0. The van der Waals surface area contributed by atoms with Crippen LogP contribution < -0.4 is 0 Å². The highest BCUT2D eigenvalue weighted by atomic mass is 14.2. The molecule has 0 atom stereocenters. The SMILES string of the molecule is C=CCC1=C(CC=C)CCC1. The summed E-state index contributed by atoms with van der Waals surface area (Å²) in [6.45, 7) is 7.52. The van der Waals surface area contributed by atoms with Crippen LogP contribution in [0.1, 0.15) is 32.1 Å². The van der Waals surface area contributed by atoms with Gasteiger partial charge in [0.2, 0.25) is 0 Å². The van der Waals surface area contributed by atoms with Crippen molar-refractivity contribution in [1.29, 1.82) is 0 Å². The van der Waals surface area contributed by atoms with Crippen molar-refractivity contribution in [3.05, 3.63) is 36.5 Å². The summed E-state index contributed by atoms with van der Waals surface area (Å²) in [6.07, 6.45) is 10.1. The second-order valence-corrected chi connectivity index (χ2v) is 3.05. The van der Waals surface area contributed by atoms with Crippen molar-refractivity contribution in [2.75, 3.05) is 0 Å². The van der Waals surface area contributed by atoms with Gasteiger partial charge in [0.05, 0.1) is 0 Å². The fourth-order valence-corrected chi connectivity index (χ4v) is 1.71. The van der Waals surface area contributed by atoms with E-state index in [2.05, 4.69) is 13.2 Å². The number of rotatable bonds is 4. The summed E-state index contributed by atoms with van der Waals surface area (Å²) in [5.74, 6) is 0. The summed E-state index contributed by atoms with van der Waals surface area (Å²) < 4.78 is 0. The Morgan fingerprint density at radius 3 is 1.82 bits per heavy atom. The van der Waals surface area contributed by atoms with E-state index in [-0.39, 0.29) is 0 Å². The summed E-state index contributed by atoms with van der Waals surface area (Å²) in [7, 11) is 0. The Bertz CT molecular complexity index is 164. The predicted octanol–water partition coefficient (Wildman–Crippen LogP) is 3.62. The minimum atomic E-state index is 1.09. The molecule has 0 unspecified atom stereocenters. The van der Waals surface area contributed by atoms with Crippen LogP contribution in [0.15, 0.2) is 36.5 Å². The molecule has 0 heteroatoms. The molecule has 0 bridgehead atoms. The van der Waals surface area contributed by atoms with E-state index in [9.17, 15) is 0 Å². The predicted molar refractivity (Wildman–Crippen MR) is 50.5 cm³/mol. The fourth-order valence-electron chi connectivity index (χ4n) is 1.71. The van der Waals surface area contributed by atoms with Gasteiger partial charge in [0, 0.05) is 0 Å². The van der Waals surface area contributed by atoms with Gasteiger partial charge in [-0.25, -0.2) is 0 Å². The van der Waals surface area contributed by atoms with Gasteiger partial charge >= 0.3 is 0 Å². The van der Waals surface area contributed by atoms with Crippen LogP contribution >= 0.6 is 0 Å². The minimum Gasteiger partial charge on any atom is -0.103 e. The molecule has 0 saturated carbocycles. The second-order valence-electron chi connectivity index (χ2n) is 3.05. The molecule has 0 aromatic rings. The van der Waals surface area contributed by atoms with Gasteiger partial charge in [0.25, 0.3) is 0 Å². The Morgan fingerprint density at radius 2 is 1.45 bits per heavy atom. The third-order valence-electron chi connectivity index (χ3n) is 2.24. The van der Waals surface area contributed by atoms with E-state index in [0.29, 0.717) is 0 Å². The molecule has 0 aliphatic heterocycles. The number of allylic oxidation sites excluding steroid dienone is 4. The summed E-state index contributed by atoms with van der Waals surface area (Å²) >= 11 is 0. The third-order valence-corrected chi connectivity index (χ3v) is 2.24. The van der Waals surface area contributed by atoms with E-state index in [4.69, 9.17) is 0 Å². The van der Waals surface area contributed by atoms with Crippen LogP contribution in [0.3, 0.4) is 0 Å². The molecule has 0 spiro atoms. The van der Waals surface area contributed by atoms with Crippen LogP contribution in [0.4, 0.5) is 0 Å². The molecule has 1 aliphatic rings. The largest absolute Gasteiger partial charge is 0.103 e. The van der Waals surface area contributed by atoms with Gasteiger partial charge in [-0.2, -0.15) is 0 Å². The smallest absolute Gasteiger partial charge is 0.0139 e. The highest BCUT2D eigenvalue weighted by Crippen LogP contribution is 2.30. The van der Waals surface area contributed by atoms with Crippen LogP contribution in [-0.2, 0) is 0 Å². The lowest BCUT2D eigenvalue weighted by Crippen LogP contribution is -1.80. The van der Waals surface area contributed by atoms with E-state index in [0.717, 1.165) is 12.8 Å². The van der Waals surface area contributed by atoms with Gasteiger partial charge in [-0.15, -0.1) is 13.2 Å². The summed E-state index contributed by atoms with van der Waals surface area (Å²) in [5.41, 5.74) is 3.22. The van der Waals surface area contributed by atoms with Gasteiger partial charge in [-0.1, -0.05) is 23.3 Å². The van der Waals surface area contributed by atoms with Crippen molar-refractivity contribution in [2.45, 2.75) is 32.1 Å². The zero-order chi connectivity index (χ0) is 8.10. The lowest BCUT2D eigenvalue weighted by atomic mass is 10.1. The van der Waals surface area contributed by atoms with E-state index in [1.165, 1.54) is 19.3 Å². The fraction of sp³-hybridized carbons (Fsp3) is 0.455. The Kier molecular flexibility index (Phi) is 3.15. The first-order chi connectivity index (χ1) is 5.38. The normalized spacial score (nSPS) is 17.1. The zero-order valence-corrected chi connectivity index (χ0v) is 7.10. The maximum Gasteiger partial charge on any atom is -0.0139 e. The Labute approximate surface area is 69.3 Å². The second kappa shape index (κ2) is 4.17.